The molecule has 0 aromatic heterocycles. The second kappa shape index (κ2) is 28.3. The fourth-order valence-electron chi connectivity index (χ4n) is 1.55. The van der Waals surface area contributed by atoms with Crippen LogP contribution in [0.3, 0.4) is 0 Å². The van der Waals surface area contributed by atoms with Crippen LogP contribution >= 0.6 is 37.9 Å². The molecule has 0 amide bonds. The van der Waals surface area contributed by atoms with Gasteiger partial charge in [0.25, 0.3) is 0 Å². The van der Waals surface area contributed by atoms with Crippen LogP contribution in [0.4, 0.5) is 0 Å². The molecule has 0 saturated heterocycles. The molecule has 0 bridgehead atoms. The summed E-state index contributed by atoms with van der Waals surface area (Å²) in [6, 6.07) is 0. The van der Waals surface area contributed by atoms with Gasteiger partial charge in [0.15, 0.2) is 0 Å². The Morgan fingerprint density at radius 2 is 0.793 bits per heavy atom. The SMILES string of the molecule is CCCCC(S)C(=O)[O-].CCCCC(S)C(=O)[O-].CCCCC(S)C(=O)[O-].[CH3][Sn+3]. The molecule has 0 N–H and O–H groups in total. The molecule has 6 nitrogen and oxygen atoms in total. The molecule has 0 aromatic carbocycles. The molecule has 0 aliphatic carbocycles. The third kappa shape index (κ3) is 33.1. The van der Waals surface area contributed by atoms with Gasteiger partial charge in [-0.05, 0) is 19.3 Å². The van der Waals surface area contributed by atoms with Crippen molar-refractivity contribution in [2.24, 2.45) is 0 Å². The third-order valence-electron chi connectivity index (χ3n) is 3.31. The molecular formula is C19H36O6S3Sn. The van der Waals surface area contributed by atoms with Gasteiger partial charge in [-0.25, -0.2) is 0 Å². The fraction of sp³-hybridized carbons (Fsp3) is 0.842. The van der Waals surface area contributed by atoms with Crippen molar-refractivity contribution in [1.82, 2.24) is 0 Å². The summed E-state index contributed by atoms with van der Waals surface area (Å²) in [6.07, 6.45) is 7.57. The Bertz CT molecular complexity index is 343. The number of hydrogen-bond acceptors (Lipinski definition) is 9. The Hall–Kier alpha value is 0.259. The van der Waals surface area contributed by atoms with Gasteiger partial charge in [-0.15, -0.1) is 0 Å². The summed E-state index contributed by atoms with van der Waals surface area (Å²) in [5.41, 5.74) is 0. The second-order valence-electron chi connectivity index (χ2n) is 5.93. The van der Waals surface area contributed by atoms with E-state index in [-0.39, 0.29) is 0 Å². The van der Waals surface area contributed by atoms with Gasteiger partial charge in [0, 0.05) is 15.7 Å². The molecule has 0 radical (unpaired) electrons. The Labute approximate surface area is 206 Å². The summed E-state index contributed by atoms with van der Waals surface area (Å²) in [7, 11) is 0. The van der Waals surface area contributed by atoms with Crippen molar-refractivity contribution in [2.75, 3.05) is 0 Å². The third-order valence-corrected chi connectivity index (χ3v) is 4.72. The van der Waals surface area contributed by atoms with Crippen LogP contribution in [-0.4, -0.2) is 56.2 Å². The normalized spacial score (nSPS) is 12.4. The zero-order chi connectivity index (χ0) is 23.8. The van der Waals surface area contributed by atoms with E-state index in [1.54, 1.807) is 22.5 Å². The molecule has 0 spiro atoms. The summed E-state index contributed by atoms with van der Waals surface area (Å²) in [6.45, 7) is 6.03. The van der Waals surface area contributed by atoms with Crippen LogP contribution < -0.4 is 15.3 Å². The van der Waals surface area contributed by atoms with E-state index >= 15 is 0 Å². The maximum atomic E-state index is 10.0. The molecule has 0 heterocycles. The number of aliphatic carboxylic acids is 3. The van der Waals surface area contributed by atoms with Gasteiger partial charge >= 0.3 is 27.5 Å². The minimum atomic E-state index is -1.06. The number of thiol groups is 3. The zero-order valence-electron chi connectivity index (χ0n) is 17.9. The van der Waals surface area contributed by atoms with Gasteiger partial charge in [-0.3, -0.25) is 0 Å². The van der Waals surface area contributed by atoms with Crippen LogP contribution in [0.15, 0.2) is 0 Å². The van der Waals surface area contributed by atoms with E-state index in [0.29, 0.717) is 19.3 Å². The zero-order valence-corrected chi connectivity index (χ0v) is 23.4. The van der Waals surface area contributed by atoms with Crippen molar-refractivity contribution in [3.63, 3.8) is 0 Å². The number of carbonyl (C=O) groups excluding carboxylic acids is 3. The Balaban J connectivity index is -0.000000155. The first-order valence-electron chi connectivity index (χ1n) is 9.71. The topological polar surface area (TPSA) is 120 Å². The summed E-state index contributed by atoms with van der Waals surface area (Å²) in [5, 5.41) is 28.3. The number of hydrogen-bond donors (Lipinski definition) is 3. The molecule has 0 rings (SSSR count). The van der Waals surface area contributed by atoms with Gasteiger partial charge < -0.3 is 29.7 Å². The Morgan fingerprint density at radius 3 is 0.897 bits per heavy atom. The average Bonchev–Trinajstić information content (AvgIpc) is 2.70. The van der Waals surface area contributed by atoms with Crippen molar-refractivity contribution < 1.29 is 29.7 Å². The molecule has 0 fully saturated rings. The van der Waals surface area contributed by atoms with E-state index in [1.807, 2.05) is 20.8 Å². The summed E-state index contributed by atoms with van der Waals surface area (Å²) < 4.78 is 0. The molecule has 0 aliphatic rings. The van der Waals surface area contributed by atoms with E-state index in [2.05, 4.69) is 42.8 Å². The molecule has 10 heteroatoms. The average molecular weight is 575 g/mol. The molecule has 3 unspecified atom stereocenters. The minimum absolute atomic E-state index is 0.579. The summed E-state index contributed by atoms with van der Waals surface area (Å²) >= 11 is 12.9. The quantitative estimate of drug-likeness (QED) is 0.235. The maximum absolute atomic E-state index is 10.0. The first-order chi connectivity index (χ1) is 13.5. The number of carboxylic acids is 3. The molecule has 0 aliphatic heterocycles. The van der Waals surface area contributed by atoms with Crippen LogP contribution in [0.2, 0.25) is 4.94 Å². The van der Waals surface area contributed by atoms with Gasteiger partial charge in [0.2, 0.25) is 0 Å². The number of rotatable bonds is 12. The second-order valence-corrected chi connectivity index (χ2v) is 7.80. The van der Waals surface area contributed by atoms with E-state index < -0.39 is 33.7 Å². The molecule has 3 atom stereocenters. The van der Waals surface area contributed by atoms with Gasteiger partial charge in [-0.2, -0.15) is 37.9 Å². The molecule has 170 valence electrons. The predicted molar refractivity (Wildman–Crippen MR) is 124 cm³/mol. The Morgan fingerprint density at radius 1 is 0.621 bits per heavy atom. The Kier molecular flexibility index (Phi) is 35.7. The summed E-state index contributed by atoms with van der Waals surface area (Å²) in [4.78, 5) is 32.1. The van der Waals surface area contributed by atoms with Crippen molar-refractivity contribution in [3.8, 4) is 0 Å². The van der Waals surface area contributed by atoms with Crippen LogP contribution in [0.25, 0.3) is 0 Å². The predicted octanol–water partition coefficient (Wildman–Crippen LogP) is 0.878. The summed E-state index contributed by atoms with van der Waals surface area (Å²) in [5.74, 6) is -3.19. The standard InChI is InChI=1S/3C6H12O2S.CH3.Sn/c3*1-2-3-4-5(9)6(7)8;;/h3*5,9H,2-4H2,1H3,(H,7,8);1H3;/q;;;;+3/p-3. The van der Waals surface area contributed by atoms with E-state index in [4.69, 9.17) is 0 Å². The molecule has 29 heavy (non-hydrogen) atoms. The van der Waals surface area contributed by atoms with Gasteiger partial charge in [0.1, 0.15) is 0 Å². The van der Waals surface area contributed by atoms with Crippen molar-refractivity contribution in [2.45, 2.75) is 99.2 Å². The van der Waals surface area contributed by atoms with Crippen LogP contribution in [0.5, 0.6) is 0 Å². The van der Waals surface area contributed by atoms with Gasteiger partial charge in [0.05, 0.1) is 17.9 Å². The first-order valence-corrected chi connectivity index (χ1v) is 14.1. The van der Waals surface area contributed by atoms with Crippen LogP contribution in [0, 0.1) is 0 Å². The first kappa shape index (κ1) is 36.6. The molecule has 0 saturated carbocycles. The van der Waals surface area contributed by atoms with Gasteiger partial charge in [-0.1, -0.05) is 59.3 Å². The number of carboxylic acid groups (broad SMARTS) is 3. The monoisotopic (exact) mass is 576 g/mol. The molecule has 0 aromatic rings. The van der Waals surface area contributed by atoms with Crippen molar-refractivity contribution in [1.29, 1.82) is 0 Å². The number of unbranched alkanes of at least 4 members (excludes halogenated alkanes) is 3. The molecular weight excluding hydrogens is 539 g/mol. The van der Waals surface area contributed by atoms with E-state index in [0.717, 1.165) is 38.5 Å². The number of carbonyl (C=O) groups is 3. The van der Waals surface area contributed by atoms with Crippen molar-refractivity contribution >= 4 is 78.3 Å². The van der Waals surface area contributed by atoms with E-state index in [9.17, 15) is 29.7 Å². The van der Waals surface area contributed by atoms with Crippen LogP contribution in [-0.2, 0) is 14.4 Å². The van der Waals surface area contributed by atoms with Crippen molar-refractivity contribution in [3.05, 3.63) is 0 Å². The van der Waals surface area contributed by atoms with E-state index in [1.165, 1.54) is 0 Å². The van der Waals surface area contributed by atoms with Crippen LogP contribution in [0.1, 0.15) is 78.6 Å². The fourth-order valence-corrected chi connectivity index (χ4v) is 2.09.